The molecule has 2 heteroatoms. The van der Waals surface area contributed by atoms with Crippen LogP contribution in [0.4, 0.5) is 0 Å². The van der Waals surface area contributed by atoms with Crippen molar-refractivity contribution in [3.05, 3.63) is 42.0 Å². The molecule has 2 atom stereocenters. The summed E-state index contributed by atoms with van der Waals surface area (Å²) in [4.78, 5) is 11.9. The second-order valence-electron chi connectivity index (χ2n) is 4.64. The summed E-state index contributed by atoms with van der Waals surface area (Å²) in [6.45, 7) is 0. The lowest BCUT2D eigenvalue weighted by atomic mass is 9.89. The maximum atomic E-state index is 11.9. The molecule has 2 unspecified atom stereocenters. The van der Waals surface area contributed by atoms with Crippen LogP contribution >= 0.6 is 0 Å². The van der Waals surface area contributed by atoms with Crippen LogP contribution in [0.1, 0.15) is 24.8 Å². The molecule has 1 fully saturated rings. The number of rotatable bonds is 1. The molecule has 1 heterocycles. The minimum Gasteiger partial charge on any atom is -0.326 e. The third kappa shape index (κ3) is 1.54. The first kappa shape index (κ1) is 9.64. The van der Waals surface area contributed by atoms with E-state index < -0.39 is 0 Å². The molecule has 0 radical (unpaired) electrons. The van der Waals surface area contributed by atoms with Gasteiger partial charge in [0.05, 0.1) is 0 Å². The Kier molecular flexibility index (Phi) is 2.28. The summed E-state index contributed by atoms with van der Waals surface area (Å²) >= 11 is 0. The Labute approximate surface area is 95.4 Å². The summed E-state index contributed by atoms with van der Waals surface area (Å²) in [6.07, 6.45) is 5.64. The van der Waals surface area contributed by atoms with Gasteiger partial charge in [-0.2, -0.15) is 0 Å². The molecule has 1 aliphatic heterocycles. The van der Waals surface area contributed by atoms with E-state index in [1.807, 2.05) is 30.3 Å². The standard InChI is InChI=1S/C14H15NO/c16-14-12-8-4-7-11(12)9-13(15-14)10-5-2-1-3-6-10/h1-3,5-6,9,11-12H,4,7-8H2,(H,15,16). The lowest BCUT2D eigenvalue weighted by molar-refractivity contribution is -0.124. The maximum Gasteiger partial charge on any atom is 0.228 e. The van der Waals surface area contributed by atoms with Crippen molar-refractivity contribution >= 4 is 11.6 Å². The summed E-state index contributed by atoms with van der Waals surface area (Å²) in [7, 11) is 0. The van der Waals surface area contributed by atoms with Crippen molar-refractivity contribution in [3.63, 3.8) is 0 Å². The van der Waals surface area contributed by atoms with E-state index in [1.54, 1.807) is 0 Å². The molecule has 3 rings (SSSR count). The van der Waals surface area contributed by atoms with Crippen LogP contribution in [0.2, 0.25) is 0 Å². The van der Waals surface area contributed by atoms with Crippen LogP contribution in [0.25, 0.3) is 5.70 Å². The predicted octanol–water partition coefficient (Wildman–Crippen LogP) is 2.57. The van der Waals surface area contributed by atoms with Crippen LogP contribution in [0.3, 0.4) is 0 Å². The van der Waals surface area contributed by atoms with Gasteiger partial charge < -0.3 is 5.32 Å². The topological polar surface area (TPSA) is 29.1 Å². The van der Waals surface area contributed by atoms with Crippen LogP contribution in [0.5, 0.6) is 0 Å². The van der Waals surface area contributed by atoms with Gasteiger partial charge >= 0.3 is 0 Å². The molecule has 1 aromatic carbocycles. The van der Waals surface area contributed by atoms with E-state index in [0.29, 0.717) is 5.92 Å². The molecule has 1 amide bonds. The fraction of sp³-hybridized carbons (Fsp3) is 0.357. The Balaban J connectivity index is 1.95. The summed E-state index contributed by atoms with van der Waals surface area (Å²) in [5, 5.41) is 3.03. The summed E-state index contributed by atoms with van der Waals surface area (Å²) < 4.78 is 0. The van der Waals surface area contributed by atoms with Crippen LogP contribution < -0.4 is 5.32 Å². The average Bonchev–Trinajstić information content (AvgIpc) is 2.79. The predicted molar refractivity (Wildman–Crippen MR) is 63.4 cm³/mol. The molecule has 0 aromatic heterocycles. The fourth-order valence-corrected chi connectivity index (χ4v) is 2.78. The molecule has 1 saturated carbocycles. The molecule has 0 spiro atoms. The van der Waals surface area contributed by atoms with Crippen molar-refractivity contribution in [2.75, 3.05) is 0 Å². The van der Waals surface area contributed by atoms with E-state index >= 15 is 0 Å². The first-order valence-corrected chi connectivity index (χ1v) is 5.93. The van der Waals surface area contributed by atoms with Crippen molar-refractivity contribution in [1.82, 2.24) is 5.32 Å². The van der Waals surface area contributed by atoms with Crippen molar-refractivity contribution in [2.45, 2.75) is 19.3 Å². The zero-order chi connectivity index (χ0) is 11.0. The molecule has 1 aromatic rings. The fourth-order valence-electron chi connectivity index (χ4n) is 2.78. The Morgan fingerprint density at radius 3 is 2.75 bits per heavy atom. The van der Waals surface area contributed by atoms with E-state index in [-0.39, 0.29) is 11.8 Å². The number of hydrogen-bond acceptors (Lipinski definition) is 1. The molecule has 1 N–H and O–H groups in total. The SMILES string of the molecule is O=C1NC(c2ccccc2)=CC2CCCC12. The Morgan fingerprint density at radius 1 is 1.12 bits per heavy atom. The van der Waals surface area contributed by atoms with Gasteiger partial charge in [0.15, 0.2) is 0 Å². The van der Waals surface area contributed by atoms with Gasteiger partial charge in [-0.15, -0.1) is 0 Å². The first-order chi connectivity index (χ1) is 7.84. The lowest BCUT2D eigenvalue weighted by Crippen LogP contribution is -2.35. The minimum absolute atomic E-state index is 0.212. The highest BCUT2D eigenvalue weighted by molar-refractivity contribution is 5.91. The monoisotopic (exact) mass is 213 g/mol. The second-order valence-corrected chi connectivity index (χ2v) is 4.64. The zero-order valence-corrected chi connectivity index (χ0v) is 9.15. The molecule has 0 bridgehead atoms. The van der Waals surface area contributed by atoms with Gasteiger partial charge in [0, 0.05) is 11.6 Å². The third-order valence-corrected chi connectivity index (χ3v) is 3.63. The van der Waals surface area contributed by atoms with Gasteiger partial charge in [-0.3, -0.25) is 4.79 Å². The smallest absolute Gasteiger partial charge is 0.228 e. The first-order valence-electron chi connectivity index (χ1n) is 5.93. The third-order valence-electron chi connectivity index (χ3n) is 3.63. The Hall–Kier alpha value is -1.57. The van der Waals surface area contributed by atoms with Crippen molar-refractivity contribution < 1.29 is 4.79 Å². The molecule has 82 valence electrons. The Morgan fingerprint density at radius 2 is 1.94 bits per heavy atom. The van der Waals surface area contributed by atoms with Gasteiger partial charge in [0.25, 0.3) is 0 Å². The van der Waals surface area contributed by atoms with Gasteiger partial charge in [0.2, 0.25) is 5.91 Å². The normalized spacial score (nSPS) is 28.2. The highest BCUT2D eigenvalue weighted by Crippen LogP contribution is 2.37. The van der Waals surface area contributed by atoms with Crippen LogP contribution in [0.15, 0.2) is 36.4 Å². The molecule has 2 nitrogen and oxygen atoms in total. The van der Waals surface area contributed by atoms with Gasteiger partial charge in [-0.1, -0.05) is 42.8 Å². The van der Waals surface area contributed by atoms with Crippen molar-refractivity contribution in [3.8, 4) is 0 Å². The Bertz CT molecular complexity index is 435. The van der Waals surface area contributed by atoms with Crippen molar-refractivity contribution in [1.29, 1.82) is 0 Å². The molecule has 1 aliphatic carbocycles. The zero-order valence-electron chi connectivity index (χ0n) is 9.15. The van der Waals surface area contributed by atoms with E-state index in [4.69, 9.17) is 0 Å². The van der Waals surface area contributed by atoms with E-state index in [2.05, 4.69) is 11.4 Å². The number of amides is 1. The highest BCUT2D eigenvalue weighted by Gasteiger charge is 2.35. The van der Waals surface area contributed by atoms with E-state index in [9.17, 15) is 4.79 Å². The number of allylic oxidation sites excluding steroid dienone is 1. The van der Waals surface area contributed by atoms with Gasteiger partial charge in [-0.05, 0) is 24.3 Å². The lowest BCUT2D eigenvalue weighted by Gasteiger charge is -2.24. The molecule has 0 saturated heterocycles. The van der Waals surface area contributed by atoms with Crippen LogP contribution in [-0.2, 0) is 4.79 Å². The van der Waals surface area contributed by atoms with E-state index in [0.717, 1.165) is 24.1 Å². The number of carbonyl (C=O) groups is 1. The summed E-state index contributed by atoms with van der Waals surface area (Å²) in [6, 6.07) is 10.1. The number of carbonyl (C=O) groups excluding carboxylic acids is 1. The van der Waals surface area contributed by atoms with Crippen molar-refractivity contribution in [2.24, 2.45) is 11.8 Å². The van der Waals surface area contributed by atoms with Gasteiger partial charge in [0.1, 0.15) is 0 Å². The number of fused-ring (bicyclic) bond motifs is 1. The quantitative estimate of drug-likeness (QED) is 0.763. The second kappa shape index (κ2) is 3.78. The highest BCUT2D eigenvalue weighted by atomic mass is 16.2. The number of hydrogen-bond donors (Lipinski definition) is 1. The van der Waals surface area contributed by atoms with Gasteiger partial charge in [-0.25, -0.2) is 0 Å². The molecular formula is C14H15NO. The minimum atomic E-state index is 0.212. The maximum absolute atomic E-state index is 11.9. The average molecular weight is 213 g/mol. The molecular weight excluding hydrogens is 198 g/mol. The molecule has 16 heavy (non-hydrogen) atoms. The van der Waals surface area contributed by atoms with Crippen LogP contribution in [-0.4, -0.2) is 5.91 Å². The largest absolute Gasteiger partial charge is 0.326 e. The number of benzene rings is 1. The summed E-state index contributed by atoms with van der Waals surface area (Å²) in [5.41, 5.74) is 2.11. The number of nitrogens with one attached hydrogen (secondary N) is 1. The van der Waals surface area contributed by atoms with Crippen LogP contribution in [0, 0.1) is 11.8 Å². The molecule has 2 aliphatic rings. The van der Waals surface area contributed by atoms with E-state index in [1.165, 1.54) is 6.42 Å². The summed E-state index contributed by atoms with van der Waals surface area (Å²) in [5.74, 6) is 0.903.